The first-order valence-corrected chi connectivity index (χ1v) is 8.06. The van der Waals surface area contributed by atoms with Gasteiger partial charge in [0.2, 0.25) is 0 Å². The Morgan fingerprint density at radius 3 is 2.24 bits per heavy atom. The van der Waals surface area contributed by atoms with Gasteiger partial charge in [-0.3, -0.25) is 4.79 Å². The monoisotopic (exact) mass is 341 g/mol. The number of ether oxygens (including phenoxy) is 2. The highest BCUT2D eigenvalue weighted by Crippen LogP contribution is 2.25. The molecule has 0 aromatic heterocycles. The molecule has 0 aliphatic carbocycles. The van der Waals surface area contributed by atoms with Crippen molar-refractivity contribution in [3.05, 3.63) is 64.2 Å². The van der Waals surface area contributed by atoms with Gasteiger partial charge in [0.05, 0.1) is 12.7 Å². The minimum atomic E-state index is -0.382. The first kappa shape index (κ1) is 18.5. The number of aryl methyl sites for hydroxylation is 2. The second-order valence-electron chi connectivity index (χ2n) is 5.91. The van der Waals surface area contributed by atoms with E-state index in [-0.39, 0.29) is 18.5 Å². The molecule has 2 aromatic rings. The number of esters is 1. The van der Waals surface area contributed by atoms with Crippen LogP contribution in [0.25, 0.3) is 0 Å². The summed E-state index contributed by atoms with van der Waals surface area (Å²) in [5, 5.41) is 2.81. The van der Waals surface area contributed by atoms with Crippen molar-refractivity contribution in [3.63, 3.8) is 0 Å². The van der Waals surface area contributed by atoms with Gasteiger partial charge in [-0.05, 0) is 55.2 Å². The molecule has 0 fully saturated rings. The van der Waals surface area contributed by atoms with E-state index in [4.69, 9.17) is 4.74 Å². The zero-order valence-electron chi connectivity index (χ0n) is 15.0. The van der Waals surface area contributed by atoms with Crippen molar-refractivity contribution in [1.29, 1.82) is 0 Å². The van der Waals surface area contributed by atoms with Crippen LogP contribution in [0.4, 0.5) is 0 Å². The van der Waals surface area contributed by atoms with E-state index in [2.05, 4.69) is 10.1 Å². The fourth-order valence-corrected chi connectivity index (χ4v) is 2.41. The molecule has 5 heteroatoms. The summed E-state index contributed by atoms with van der Waals surface area (Å²) in [7, 11) is 1.34. The van der Waals surface area contributed by atoms with E-state index in [1.807, 2.05) is 32.9 Å². The first-order chi connectivity index (χ1) is 11.9. The molecule has 0 saturated heterocycles. The smallest absolute Gasteiger partial charge is 0.337 e. The summed E-state index contributed by atoms with van der Waals surface area (Å²) in [5.41, 5.74) is 4.56. The quantitative estimate of drug-likeness (QED) is 0.820. The van der Waals surface area contributed by atoms with Crippen LogP contribution in [0, 0.1) is 20.8 Å². The molecule has 0 aliphatic heterocycles. The normalized spacial score (nSPS) is 10.2. The zero-order valence-corrected chi connectivity index (χ0v) is 15.0. The summed E-state index contributed by atoms with van der Waals surface area (Å²) in [5.74, 6) is 0.183. The molecule has 0 unspecified atom stereocenters. The van der Waals surface area contributed by atoms with Crippen molar-refractivity contribution < 1.29 is 19.1 Å². The minimum absolute atomic E-state index is 0.0363. The van der Waals surface area contributed by atoms with Crippen LogP contribution in [-0.4, -0.2) is 25.6 Å². The van der Waals surface area contributed by atoms with Crippen LogP contribution in [0.2, 0.25) is 0 Å². The van der Waals surface area contributed by atoms with E-state index in [1.165, 1.54) is 7.11 Å². The third kappa shape index (κ3) is 4.83. The van der Waals surface area contributed by atoms with Crippen LogP contribution in [-0.2, 0) is 16.1 Å². The third-order valence-electron chi connectivity index (χ3n) is 4.09. The maximum Gasteiger partial charge on any atom is 0.337 e. The maximum absolute atomic E-state index is 12.0. The lowest BCUT2D eigenvalue weighted by Crippen LogP contribution is -2.28. The average Bonchev–Trinajstić information content (AvgIpc) is 2.63. The molecule has 0 heterocycles. The lowest BCUT2D eigenvalue weighted by molar-refractivity contribution is -0.123. The molecule has 0 radical (unpaired) electrons. The fraction of sp³-hybridized carbons (Fsp3) is 0.300. The van der Waals surface area contributed by atoms with E-state index >= 15 is 0 Å². The molecule has 0 atom stereocenters. The highest BCUT2D eigenvalue weighted by atomic mass is 16.5. The standard InChI is InChI=1S/C20H23NO4/c1-13-5-6-14(2)19(15(13)3)25-12-18(22)21-11-16-7-9-17(10-8-16)20(23)24-4/h5-10H,11-12H2,1-4H3,(H,21,22). The van der Waals surface area contributed by atoms with E-state index < -0.39 is 0 Å². The van der Waals surface area contributed by atoms with Crippen LogP contribution in [0.5, 0.6) is 5.75 Å². The van der Waals surface area contributed by atoms with E-state index in [0.29, 0.717) is 12.1 Å². The van der Waals surface area contributed by atoms with E-state index in [9.17, 15) is 9.59 Å². The van der Waals surface area contributed by atoms with Crippen molar-refractivity contribution >= 4 is 11.9 Å². The predicted octanol–water partition coefficient (Wildman–Crippen LogP) is 3.09. The van der Waals surface area contributed by atoms with Crippen LogP contribution in [0.15, 0.2) is 36.4 Å². The Bertz CT molecular complexity index is 766. The average molecular weight is 341 g/mol. The Kier molecular flexibility index (Phi) is 6.17. The second kappa shape index (κ2) is 8.33. The fourth-order valence-electron chi connectivity index (χ4n) is 2.41. The Morgan fingerprint density at radius 2 is 1.60 bits per heavy atom. The third-order valence-corrected chi connectivity index (χ3v) is 4.09. The minimum Gasteiger partial charge on any atom is -0.483 e. The molecule has 2 aromatic carbocycles. The molecule has 5 nitrogen and oxygen atoms in total. The number of carbonyl (C=O) groups excluding carboxylic acids is 2. The summed E-state index contributed by atoms with van der Waals surface area (Å²) in [6, 6.07) is 10.9. The zero-order chi connectivity index (χ0) is 18.4. The number of nitrogens with one attached hydrogen (secondary N) is 1. The summed E-state index contributed by atoms with van der Waals surface area (Å²) in [6.45, 7) is 6.29. The molecule has 25 heavy (non-hydrogen) atoms. The van der Waals surface area contributed by atoms with Gasteiger partial charge in [-0.15, -0.1) is 0 Å². The second-order valence-corrected chi connectivity index (χ2v) is 5.91. The predicted molar refractivity (Wildman–Crippen MR) is 95.8 cm³/mol. The lowest BCUT2D eigenvalue weighted by atomic mass is 10.1. The topological polar surface area (TPSA) is 64.6 Å². The Morgan fingerprint density at radius 1 is 0.960 bits per heavy atom. The summed E-state index contributed by atoms with van der Waals surface area (Å²) in [4.78, 5) is 23.4. The van der Waals surface area contributed by atoms with Gasteiger partial charge < -0.3 is 14.8 Å². The molecule has 0 spiro atoms. The summed E-state index contributed by atoms with van der Waals surface area (Å²) >= 11 is 0. The molecular weight excluding hydrogens is 318 g/mol. The molecule has 0 bridgehead atoms. The van der Waals surface area contributed by atoms with Gasteiger partial charge in [0, 0.05) is 6.54 Å². The van der Waals surface area contributed by atoms with Crippen molar-refractivity contribution in [2.24, 2.45) is 0 Å². The summed E-state index contributed by atoms with van der Waals surface area (Å²) < 4.78 is 10.3. The van der Waals surface area contributed by atoms with Crippen LogP contribution >= 0.6 is 0 Å². The van der Waals surface area contributed by atoms with Crippen molar-refractivity contribution in [1.82, 2.24) is 5.32 Å². The molecular formula is C20H23NO4. The number of benzene rings is 2. The SMILES string of the molecule is COC(=O)c1ccc(CNC(=O)COc2c(C)ccc(C)c2C)cc1. The van der Waals surface area contributed by atoms with E-state index in [1.54, 1.807) is 24.3 Å². The molecule has 0 saturated carbocycles. The number of hydrogen-bond donors (Lipinski definition) is 1. The van der Waals surface area contributed by atoms with Gasteiger partial charge in [-0.2, -0.15) is 0 Å². The Hall–Kier alpha value is -2.82. The maximum atomic E-state index is 12.0. The number of carbonyl (C=O) groups is 2. The molecule has 0 aliphatic rings. The largest absolute Gasteiger partial charge is 0.483 e. The van der Waals surface area contributed by atoms with Crippen molar-refractivity contribution in [3.8, 4) is 5.75 Å². The molecule has 132 valence electrons. The van der Waals surface area contributed by atoms with Crippen molar-refractivity contribution in [2.45, 2.75) is 27.3 Å². The Balaban J connectivity index is 1.87. The van der Waals surface area contributed by atoms with Gasteiger partial charge in [0.15, 0.2) is 6.61 Å². The van der Waals surface area contributed by atoms with Gasteiger partial charge in [0.1, 0.15) is 5.75 Å². The highest BCUT2D eigenvalue weighted by molar-refractivity contribution is 5.89. The Labute approximate surface area is 148 Å². The number of amides is 1. The van der Waals surface area contributed by atoms with Gasteiger partial charge >= 0.3 is 5.97 Å². The van der Waals surface area contributed by atoms with Gasteiger partial charge in [-0.1, -0.05) is 24.3 Å². The molecule has 1 N–H and O–H groups in total. The van der Waals surface area contributed by atoms with Gasteiger partial charge in [-0.25, -0.2) is 4.79 Å². The number of hydrogen-bond acceptors (Lipinski definition) is 4. The highest BCUT2D eigenvalue weighted by Gasteiger charge is 2.09. The van der Waals surface area contributed by atoms with Crippen LogP contribution in [0.1, 0.15) is 32.6 Å². The van der Waals surface area contributed by atoms with Crippen LogP contribution in [0.3, 0.4) is 0 Å². The lowest BCUT2D eigenvalue weighted by Gasteiger charge is -2.14. The van der Waals surface area contributed by atoms with Crippen LogP contribution < -0.4 is 10.1 Å². The van der Waals surface area contributed by atoms with E-state index in [0.717, 1.165) is 28.0 Å². The molecule has 2 rings (SSSR count). The van der Waals surface area contributed by atoms with Crippen molar-refractivity contribution in [2.75, 3.05) is 13.7 Å². The van der Waals surface area contributed by atoms with Gasteiger partial charge in [0.25, 0.3) is 5.91 Å². The number of methoxy groups -OCH3 is 1. The molecule has 1 amide bonds. The number of rotatable bonds is 6. The summed E-state index contributed by atoms with van der Waals surface area (Å²) in [6.07, 6.45) is 0. The first-order valence-electron chi connectivity index (χ1n) is 8.06.